The predicted molar refractivity (Wildman–Crippen MR) is 78.0 cm³/mol. The van der Waals surface area contributed by atoms with Crippen molar-refractivity contribution in [1.29, 1.82) is 0 Å². The summed E-state index contributed by atoms with van der Waals surface area (Å²) in [6.45, 7) is 2.62. The number of hydrogen-bond donors (Lipinski definition) is 1. The molecule has 0 saturated carbocycles. The first-order valence-corrected chi connectivity index (χ1v) is 8.19. The largest absolute Gasteiger partial charge is 0.449 e. The molecular weight excluding hydrogens is 290 g/mol. The number of sulfonamides is 1. The molecule has 7 heteroatoms. The molecule has 1 fully saturated rings. The molecule has 1 saturated heterocycles. The Balaban J connectivity index is 1.87. The minimum Gasteiger partial charge on any atom is -0.449 e. The van der Waals surface area contributed by atoms with Crippen molar-refractivity contribution in [3.05, 3.63) is 36.4 Å². The van der Waals surface area contributed by atoms with Gasteiger partial charge in [0.15, 0.2) is 5.89 Å². The van der Waals surface area contributed by atoms with E-state index in [-0.39, 0.29) is 10.9 Å². The van der Waals surface area contributed by atoms with Crippen LogP contribution in [-0.2, 0) is 10.0 Å². The average Bonchev–Trinajstić information content (AvgIpc) is 3.08. The van der Waals surface area contributed by atoms with Crippen LogP contribution >= 0.6 is 0 Å². The number of aryl methyl sites for hydroxylation is 1. The number of rotatable bonds is 3. The Kier molecular flexibility index (Phi) is 3.56. The Morgan fingerprint density at radius 1 is 1.33 bits per heavy atom. The summed E-state index contributed by atoms with van der Waals surface area (Å²) in [5.74, 6) is 0.577. The van der Waals surface area contributed by atoms with Crippen LogP contribution in [0.5, 0.6) is 0 Å². The van der Waals surface area contributed by atoms with Gasteiger partial charge in [0.05, 0.1) is 4.90 Å². The van der Waals surface area contributed by atoms with E-state index in [1.54, 1.807) is 37.5 Å². The second kappa shape index (κ2) is 5.25. The van der Waals surface area contributed by atoms with Crippen molar-refractivity contribution in [2.75, 3.05) is 13.1 Å². The van der Waals surface area contributed by atoms with E-state index in [9.17, 15) is 8.42 Å². The van der Waals surface area contributed by atoms with E-state index in [1.807, 2.05) is 0 Å². The summed E-state index contributed by atoms with van der Waals surface area (Å²) in [5.41, 5.74) is 7.29. The molecule has 1 atom stereocenters. The van der Waals surface area contributed by atoms with Crippen molar-refractivity contribution in [3.63, 3.8) is 0 Å². The molecule has 1 aromatic carbocycles. The number of benzene rings is 1. The van der Waals surface area contributed by atoms with Crippen LogP contribution in [0.4, 0.5) is 0 Å². The first kappa shape index (κ1) is 14.2. The lowest BCUT2D eigenvalue weighted by Gasteiger charge is -2.16. The van der Waals surface area contributed by atoms with Gasteiger partial charge in [-0.05, 0) is 18.6 Å². The molecule has 1 aliphatic heterocycles. The molecule has 0 bridgehead atoms. The lowest BCUT2D eigenvalue weighted by atomic mass is 10.2. The zero-order valence-corrected chi connectivity index (χ0v) is 12.5. The van der Waals surface area contributed by atoms with Crippen LogP contribution in [0.25, 0.3) is 11.3 Å². The molecule has 1 aliphatic rings. The number of nitrogens with zero attached hydrogens (tertiary/aromatic N) is 2. The molecule has 0 spiro atoms. The van der Waals surface area contributed by atoms with Crippen LogP contribution in [0, 0.1) is 6.92 Å². The van der Waals surface area contributed by atoms with Crippen LogP contribution in [0.2, 0.25) is 0 Å². The van der Waals surface area contributed by atoms with Gasteiger partial charge in [-0.15, -0.1) is 0 Å². The zero-order valence-electron chi connectivity index (χ0n) is 11.7. The van der Waals surface area contributed by atoms with Crippen molar-refractivity contribution in [1.82, 2.24) is 9.29 Å². The third kappa shape index (κ3) is 2.72. The van der Waals surface area contributed by atoms with Crippen molar-refractivity contribution in [2.24, 2.45) is 5.73 Å². The van der Waals surface area contributed by atoms with Crippen LogP contribution in [0.3, 0.4) is 0 Å². The van der Waals surface area contributed by atoms with E-state index >= 15 is 0 Å². The van der Waals surface area contributed by atoms with Gasteiger partial charge in [-0.25, -0.2) is 13.4 Å². The molecule has 21 heavy (non-hydrogen) atoms. The summed E-state index contributed by atoms with van der Waals surface area (Å²) >= 11 is 0. The second-order valence-electron chi connectivity index (χ2n) is 5.19. The van der Waals surface area contributed by atoms with E-state index < -0.39 is 10.0 Å². The summed E-state index contributed by atoms with van der Waals surface area (Å²) in [5, 5.41) is 0. The first-order valence-electron chi connectivity index (χ1n) is 6.75. The van der Waals surface area contributed by atoms with Crippen molar-refractivity contribution in [2.45, 2.75) is 24.3 Å². The maximum absolute atomic E-state index is 12.5. The van der Waals surface area contributed by atoms with Crippen LogP contribution < -0.4 is 5.73 Å². The molecule has 2 heterocycles. The molecule has 0 aliphatic carbocycles. The standard InChI is InChI=1S/C14H17N3O3S/c1-10-16-14(9-20-10)11-2-4-13(5-3-11)21(18,19)17-7-6-12(15)8-17/h2-5,9,12H,6-8,15H2,1H3/t12-/m1/s1. The lowest BCUT2D eigenvalue weighted by Crippen LogP contribution is -2.31. The van der Waals surface area contributed by atoms with Gasteiger partial charge in [0.1, 0.15) is 12.0 Å². The lowest BCUT2D eigenvalue weighted by molar-refractivity contribution is 0.472. The molecule has 112 valence electrons. The number of oxazole rings is 1. The quantitative estimate of drug-likeness (QED) is 0.925. The third-order valence-corrected chi connectivity index (χ3v) is 5.47. The molecule has 3 rings (SSSR count). The highest BCUT2D eigenvalue weighted by Gasteiger charge is 2.30. The fraction of sp³-hybridized carbons (Fsp3) is 0.357. The number of nitrogens with two attached hydrogens (primary N) is 1. The highest BCUT2D eigenvalue weighted by molar-refractivity contribution is 7.89. The highest BCUT2D eigenvalue weighted by Crippen LogP contribution is 2.24. The fourth-order valence-electron chi connectivity index (χ4n) is 2.42. The van der Waals surface area contributed by atoms with E-state index in [4.69, 9.17) is 10.2 Å². The zero-order chi connectivity index (χ0) is 15.0. The van der Waals surface area contributed by atoms with Gasteiger partial charge >= 0.3 is 0 Å². The van der Waals surface area contributed by atoms with E-state index in [1.165, 1.54) is 4.31 Å². The Morgan fingerprint density at radius 3 is 2.57 bits per heavy atom. The number of hydrogen-bond acceptors (Lipinski definition) is 5. The molecule has 0 amide bonds. The van der Waals surface area contributed by atoms with Gasteiger partial charge in [0.25, 0.3) is 0 Å². The summed E-state index contributed by atoms with van der Waals surface area (Å²) in [7, 11) is -3.46. The SMILES string of the molecule is Cc1nc(-c2ccc(S(=O)(=O)N3CC[C@@H](N)C3)cc2)co1. The second-order valence-corrected chi connectivity index (χ2v) is 7.13. The average molecular weight is 307 g/mol. The number of aromatic nitrogens is 1. The molecule has 0 radical (unpaired) electrons. The van der Waals surface area contributed by atoms with E-state index in [0.29, 0.717) is 31.1 Å². The Morgan fingerprint density at radius 2 is 2.05 bits per heavy atom. The van der Waals surface area contributed by atoms with Gasteiger partial charge in [-0.3, -0.25) is 0 Å². The van der Waals surface area contributed by atoms with E-state index in [2.05, 4.69) is 4.98 Å². The first-order chi connectivity index (χ1) is 9.96. The topological polar surface area (TPSA) is 89.4 Å². The van der Waals surface area contributed by atoms with Gasteiger partial charge in [0, 0.05) is 31.6 Å². The fourth-order valence-corrected chi connectivity index (χ4v) is 3.93. The minimum absolute atomic E-state index is 0.0721. The summed E-state index contributed by atoms with van der Waals surface area (Å²) in [6.07, 6.45) is 2.26. The summed E-state index contributed by atoms with van der Waals surface area (Å²) in [4.78, 5) is 4.50. The van der Waals surface area contributed by atoms with Gasteiger partial charge in [-0.1, -0.05) is 12.1 Å². The monoisotopic (exact) mass is 307 g/mol. The minimum atomic E-state index is -3.46. The summed E-state index contributed by atoms with van der Waals surface area (Å²) in [6, 6.07) is 6.59. The predicted octanol–water partition coefficient (Wildman–Crippen LogP) is 1.37. The van der Waals surface area contributed by atoms with Crippen LogP contribution in [-0.4, -0.2) is 36.8 Å². The van der Waals surface area contributed by atoms with E-state index in [0.717, 1.165) is 5.56 Å². The maximum Gasteiger partial charge on any atom is 0.243 e. The van der Waals surface area contributed by atoms with Gasteiger partial charge in [0.2, 0.25) is 10.0 Å². The summed E-state index contributed by atoms with van der Waals surface area (Å²) < 4.78 is 31.5. The van der Waals surface area contributed by atoms with Crippen LogP contribution in [0.1, 0.15) is 12.3 Å². The third-order valence-electron chi connectivity index (χ3n) is 3.59. The normalized spacial score (nSPS) is 20.0. The van der Waals surface area contributed by atoms with Crippen molar-refractivity contribution >= 4 is 10.0 Å². The van der Waals surface area contributed by atoms with Crippen molar-refractivity contribution in [3.8, 4) is 11.3 Å². The maximum atomic E-state index is 12.5. The van der Waals surface area contributed by atoms with Crippen LogP contribution in [0.15, 0.2) is 39.8 Å². The molecular formula is C14H17N3O3S. The molecule has 6 nitrogen and oxygen atoms in total. The van der Waals surface area contributed by atoms with Crippen molar-refractivity contribution < 1.29 is 12.8 Å². The Hall–Kier alpha value is -1.70. The highest BCUT2D eigenvalue weighted by atomic mass is 32.2. The Bertz CT molecular complexity index is 737. The molecule has 0 unspecified atom stereocenters. The molecule has 2 aromatic rings. The smallest absolute Gasteiger partial charge is 0.243 e. The molecule has 2 N–H and O–H groups in total. The van der Waals surface area contributed by atoms with Gasteiger partial charge in [-0.2, -0.15) is 4.31 Å². The van der Waals surface area contributed by atoms with Gasteiger partial charge < -0.3 is 10.2 Å². The molecule has 1 aromatic heterocycles. The Labute approximate surface area is 123 Å².